The monoisotopic (exact) mass is 481 g/mol. The van der Waals surface area contributed by atoms with Gasteiger partial charge in [-0.3, -0.25) is 14.4 Å². The summed E-state index contributed by atoms with van der Waals surface area (Å²) < 4.78 is 20.7. The van der Waals surface area contributed by atoms with Crippen molar-refractivity contribution in [3.8, 4) is 11.5 Å². The molecule has 1 rings (SSSR count). The number of benzene rings is 1. The SMILES string of the molecule is CCCOC(=O)OCC(C)C(c1ccc(OC(=O)CCC)c(OC(=O)CCC)c1)[C@H](N)C(=O)O. The van der Waals surface area contributed by atoms with E-state index in [0.29, 0.717) is 24.8 Å². The van der Waals surface area contributed by atoms with Crippen LogP contribution >= 0.6 is 0 Å². The Morgan fingerprint density at radius 3 is 2.03 bits per heavy atom. The lowest BCUT2D eigenvalue weighted by atomic mass is 9.82. The molecule has 1 aromatic carbocycles. The Labute approximate surface area is 199 Å². The van der Waals surface area contributed by atoms with Gasteiger partial charge in [-0.1, -0.05) is 33.8 Å². The molecule has 0 fully saturated rings. The Hall–Kier alpha value is -3.14. The Morgan fingerprint density at radius 2 is 1.50 bits per heavy atom. The van der Waals surface area contributed by atoms with Crippen molar-refractivity contribution in [2.24, 2.45) is 11.7 Å². The highest BCUT2D eigenvalue weighted by atomic mass is 16.7. The molecular weight excluding hydrogens is 446 g/mol. The van der Waals surface area contributed by atoms with Crippen LogP contribution in [0.3, 0.4) is 0 Å². The van der Waals surface area contributed by atoms with Crippen LogP contribution in [0.5, 0.6) is 11.5 Å². The van der Waals surface area contributed by atoms with Gasteiger partial charge < -0.3 is 29.8 Å². The van der Waals surface area contributed by atoms with E-state index >= 15 is 0 Å². The van der Waals surface area contributed by atoms with Crippen LogP contribution in [0.1, 0.15) is 71.3 Å². The molecule has 1 aromatic rings. The van der Waals surface area contributed by atoms with Crippen molar-refractivity contribution in [2.75, 3.05) is 13.2 Å². The zero-order valence-electron chi connectivity index (χ0n) is 20.2. The van der Waals surface area contributed by atoms with E-state index in [2.05, 4.69) is 0 Å². The second-order valence-electron chi connectivity index (χ2n) is 7.93. The smallest absolute Gasteiger partial charge is 0.480 e. The Morgan fingerprint density at radius 1 is 0.912 bits per heavy atom. The summed E-state index contributed by atoms with van der Waals surface area (Å²) in [5.41, 5.74) is 6.39. The summed E-state index contributed by atoms with van der Waals surface area (Å²) in [6.45, 7) is 7.22. The van der Waals surface area contributed by atoms with Crippen LogP contribution in [0.15, 0.2) is 18.2 Å². The third kappa shape index (κ3) is 9.38. The molecule has 3 atom stereocenters. The van der Waals surface area contributed by atoms with Crippen LogP contribution in [0.4, 0.5) is 4.79 Å². The summed E-state index contributed by atoms with van der Waals surface area (Å²) >= 11 is 0. The fraction of sp³-hybridized carbons (Fsp3) is 0.583. The van der Waals surface area contributed by atoms with E-state index in [9.17, 15) is 24.3 Å². The molecule has 0 saturated carbocycles. The van der Waals surface area contributed by atoms with Gasteiger partial charge in [-0.15, -0.1) is 0 Å². The number of esters is 2. The number of carboxylic acid groups (broad SMARTS) is 1. The zero-order chi connectivity index (χ0) is 25.7. The number of aliphatic carboxylic acids is 1. The van der Waals surface area contributed by atoms with Gasteiger partial charge in [0.25, 0.3) is 0 Å². The summed E-state index contributed by atoms with van der Waals surface area (Å²) in [6.07, 6.45) is 1.23. The first-order valence-corrected chi connectivity index (χ1v) is 11.5. The number of ether oxygens (including phenoxy) is 4. The molecule has 10 nitrogen and oxygen atoms in total. The summed E-state index contributed by atoms with van der Waals surface area (Å²) in [5, 5.41) is 9.56. The predicted octanol–water partition coefficient (Wildman–Crippen LogP) is 3.79. The van der Waals surface area contributed by atoms with Gasteiger partial charge in [0.1, 0.15) is 6.04 Å². The Bertz CT molecular complexity index is 840. The van der Waals surface area contributed by atoms with Crippen LogP contribution in [0.2, 0.25) is 0 Å². The normalized spacial score (nSPS) is 13.3. The molecule has 0 amide bonds. The molecule has 0 aromatic heterocycles. The summed E-state index contributed by atoms with van der Waals surface area (Å²) in [5.74, 6) is -3.60. The molecule has 0 aliphatic rings. The van der Waals surface area contributed by atoms with Crippen molar-refractivity contribution in [1.29, 1.82) is 0 Å². The number of carbonyl (C=O) groups is 4. The quantitative estimate of drug-likeness (QED) is 0.296. The number of nitrogens with two attached hydrogens (primary N) is 1. The van der Waals surface area contributed by atoms with Crippen LogP contribution in [0.25, 0.3) is 0 Å². The van der Waals surface area contributed by atoms with Crippen LogP contribution in [-0.2, 0) is 23.9 Å². The molecule has 34 heavy (non-hydrogen) atoms. The molecular formula is C24H35NO9. The highest BCUT2D eigenvalue weighted by Gasteiger charge is 2.32. The molecule has 190 valence electrons. The van der Waals surface area contributed by atoms with Gasteiger partial charge in [-0.05, 0) is 42.9 Å². The van der Waals surface area contributed by atoms with Crippen molar-refractivity contribution in [3.05, 3.63) is 23.8 Å². The lowest BCUT2D eigenvalue weighted by Gasteiger charge is -2.28. The Balaban J connectivity index is 3.27. The second kappa shape index (κ2) is 14.9. The average Bonchev–Trinajstić information content (AvgIpc) is 2.78. The van der Waals surface area contributed by atoms with Crippen molar-refractivity contribution < 1.29 is 43.2 Å². The molecule has 2 unspecified atom stereocenters. The summed E-state index contributed by atoms with van der Waals surface area (Å²) in [4.78, 5) is 47.6. The second-order valence-corrected chi connectivity index (χ2v) is 7.93. The van der Waals surface area contributed by atoms with E-state index < -0.39 is 41.9 Å². The summed E-state index contributed by atoms with van der Waals surface area (Å²) in [6, 6.07) is 3.06. The summed E-state index contributed by atoms with van der Waals surface area (Å²) in [7, 11) is 0. The van der Waals surface area contributed by atoms with Gasteiger partial charge in [-0.2, -0.15) is 0 Å². The van der Waals surface area contributed by atoms with Crippen molar-refractivity contribution in [3.63, 3.8) is 0 Å². The minimum atomic E-state index is -1.35. The molecule has 10 heteroatoms. The highest BCUT2D eigenvalue weighted by Crippen LogP contribution is 2.36. The third-order valence-corrected chi connectivity index (χ3v) is 4.88. The van der Waals surface area contributed by atoms with Crippen LogP contribution < -0.4 is 15.2 Å². The van der Waals surface area contributed by atoms with Crippen molar-refractivity contribution in [1.82, 2.24) is 0 Å². The van der Waals surface area contributed by atoms with Gasteiger partial charge in [0.15, 0.2) is 11.5 Å². The van der Waals surface area contributed by atoms with Crippen molar-refractivity contribution >= 4 is 24.1 Å². The van der Waals surface area contributed by atoms with E-state index in [1.807, 2.05) is 20.8 Å². The topological polar surface area (TPSA) is 151 Å². The third-order valence-electron chi connectivity index (χ3n) is 4.88. The number of carboxylic acids is 1. The van der Waals surface area contributed by atoms with Gasteiger partial charge in [0.2, 0.25) is 0 Å². The highest BCUT2D eigenvalue weighted by molar-refractivity contribution is 5.77. The van der Waals surface area contributed by atoms with E-state index in [-0.39, 0.29) is 37.6 Å². The molecule has 0 aliphatic carbocycles. The lowest BCUT2D eigenvalue weighted by Crippen LogP contribution is -2.40. The van der Waals surface area contributed by atoms with E-state index in [1.165, 1.54) is 12.1 Å². The largest absolute Gasteiger partial charge is 0.508 e. The predicted molar refractivity (Wildman–Crippen MR) is 123 cm³/mol. The maximum absolute atomic E-state index is 12.1. The minimum Gasteiger partial charge on any atom is -0.480 e. The van der Waals surface area contributed by atoms with E-state index in [0.717, 1.165) is 0 Å². The average molecular weight is 482 g/mol. The van der Waals surface area contributed by atoms with Crippen molar-refractivity contribution in [2.45, 2.75) is 71.8 Å². The molecule has 0 heterocycles. The first-order chi connectivity index (χ1) is 16.1. The lowest BCUT2D eigenvalue weighted by molar-refractivity contribution is -0.139. The van der Waals surface area contributed by atoms with Gasteiger partial charge in [-0.25, -0.2) is 4.79 Å². The number of hydrogen-bond acceptors (Lipinski definition) is 9. The molecule has 0 spiro atoms. The van der Waals surface area contributed by atoms with E-state index in [1.54, 1.807) is 13.0 Å². The molecule has 3 N–H and O–H groups in total. The molecule has 0 radical (unpaired) electrons. The zero-order valence-corrected chi connectivity index (χ0v) is 20.2. The number of hydrogen-bond donors (Lipinski definition) is 2. The van der Waals surface area contributed by atoms with Crippen LogP contribution in [0, 0.1) is 5.92 Å². The Kier molecular flexibility index (Phi) is 12.7. The number of carbonyl (C=O) groups excluding carboxylic acids is 3. The standard InChI is InChI=1S/C24H35NO9/c1-5-8-19(26)33-17-11-10-16(13-18(17)34-20(27)9-6-2)21(22(25)23(28)29)15(4)14-32-24(30)31-12-7-3/h10-11,13,15,21-22H,5-9,12,14,25H2,1-4H3,(H,28,29)/t15?,21?,22-/m0/s1. The molecule has 0 bridgehead atoms. The van der Waals surface area contributed by atoms with Gasteiger partial charge in [0.05, 0.1) is 13.2 Å². The molecule has 0 saturated heterocycles. The fourth-order valence-corrected chi connectivity index (χ4v) is 3.23. The first-order valence-electron chi connectivity index (χ1n) is 11.5. The number of rotatable bonds is 14. The fourth-order valence-electron chi connectivity index (χ4n) is 3.23. The maximum Gasteiger partial charge on any atom is 0.508 e. The van der Waals surface area contributed by atoms with E-state index in [4.69, 9.17) is 24.7 Å². The van der Waals surface area contributed by atoms with Gasteiger partial charge in [0, 0.05) is 18.8 Å². The maximum atomic E-state index is 12.1. The van der Waals surface area contributed by atoms with Crippen LogP contribution in [-0.4, -0.2) is 48.4 Å². The minimum absolute atomic E-state index is 0.0153. The van der Waals surface area contributed by atoms with Gasteiger partial charge >= 0.3 is 24.1 Å². The first kappa shape index (κ1) is 28.9. The molecule has 0 aliphatic heterocycles.